The van der Waals surface area contributed by atoms with Crippen molar-refractivity contribution in [2.45, 2.75) is 52.0 Å². The van der Waals surface area contributed by atoms with Crippen LogP contribution in [-0.4, -0.2) is 24.0 Å². The molecule has 0 unspecified atom stereocenters. The van der Waals surface area contributed by atoms with Gasteiger partial charge in [-0.2, -0.15) is 0 Å². The normalized spacial score (nSPS) is 15.5. The molecule has 1 atom stereocenters. The van der Waals surface area contributed by atoms with E-state index in [4.69, 9.17) is 9.15 Å². The number of amides is 1. The number of nitrogens with zero attached hydrogens (tertiary/aromatic N) is 1. The van der Waals surface area contributed by atoms with Gasteiger partial charge in [0.15, 0.2) is 5.43 Å². The lowest BCUT2D eigenvalue weighted by Gasteiger charge is -2.25. The van der Waals surface area contributed by atoms with E-state index in [1.165, 1.54) is 0 Å². The smallest absolute Gasteiger partial charge is 0.290 e. The van der Waals surface area contributed by atoms with Gasteiger partial charge in [-0.05, 0) is 42.7 Å². The second kappa shape index (κ2) is 9.38. The van der Waals surface area contributed by atoms with E-state index < -0.39 is 6.04 Å². The molecule has 2 aromatic carbocycles. The number of fused-ring (bicyclic) bond motifs is 2. The Morgan fingerprint density at radius 2 is 1.77 bits per heavy atom. The quantitative estimate of drug-likeness (QED) is 0.417. The summed E-state index contributed by atoms with van der Waals surface area (Å²) in [5.74, 6) is 0.708. The van der Waals surface area contributed by atoms with Crippen molar-refractivity contribution in [3.8, 4) is 5.75 Å². The molecule has 1 aromatic heterocycles. The summed E-state index contributed by atoms with van der Waals surface area (Å²) in [5.41, 5.74) is 1.62. The molecule has 162 valence electrons. The lowest BCUT2D eigenvalue weighted by Crippen LogP contribution is -2.30. The van der Waals surface area contributed by atoms with Crippen LogP contribution in [0.5, 0.6) is 5.75 Å². The van der Waals surface area contributed by atoms with Crippen molar-refractivity contribution in [2.75, 3.05) is 13.2 Å². The molecule has 5 heteroatoms. The third kappa shape index (κ3) is 4.09. The molecule has 0 N–H and O–H groups in total. The molecule has 1 aliphatic rings. The van der Waals surface area contributed by atoms with Crippen LogP contribution >= 0.6 is 0 Å². The lowest BCUT2D eigenvalue weighted by atomic mass is 9.98. The van der Waals surface area contributed by atoms with Gasteiger partial charge in [0.05, 0.1) is 23.6 Å². The summed E-state index contributed by atoms with van der Waals surface area (Å²) in [6, 6.07) is 14.4. The highest BCUT2D eigenvalue weighted by Crippen LogP contribution is 2.39. The highest BCUT2D eigenvalue weighted by Gasteiger charge is 2.42. The summed E-state index contributed by atoms with van der Waals surface area (Å²) in [4.78, 5) is 28.5. The maximum Gasteiger partial charge on any atom is 0.290 e. The van der Waals surface area contributed by atoms with Crippen LogP contribution in [0.25, 0.3) is 11.0 Å². The highest BCUT2D eigenvalue weighted by atomic mass is 16.5. The van der Waals surface area contributed by atoms with Crippen LogP contribution < -0.4 is 10.2 Å². The fourth-order valence-corrected chi connectivity index (χ4v) is 4.19. The summed E-state index contributed by atoms with van der Waals surface area (Å²) < 4.78 is 11.9. The Morgan fingerprint density at radius 3 is 2.58 bits per heavy atom. The second-order valence-corrected chi connectivity index (χ2v) is 8.05. The number of para-hydroxylation sites is 1. The first-order valence-electron chi connectivity index (χ1n) is 11.2. The van der Waals surface area contributed by atoms with E-state index >= 15 is 0 Å². The van der Waals surface area contributed by atoms with Crippen LogP contribution in [0.15, 0.2) is 57.7 Å². The van der Waals surface area contributed by atoms with Gasteiger partial charge in [0.25, 0.3) is 5.91 Å². The number of rotatable bonds is 9. The largest absolute Gasteiger partial charge is 0.494 e. The SMILES string of the molecule is CCCCCOc1cccc([C@@H]2c3c(oc4ccccc4c3=O)C(=O)N2CCCC)c1. The van der Waals surface area contributed by atoms with E-state index in [9.17, 15) is 9.59 Å². The molecule has 0 radical (unpaired) electrons. The molecule has 1 amide bonds. The van der Waals surface area contributed by atoms with Crippen molar-refractivity contribution in [2.24, 2.45) is 0 Å². The monoisotopic (exact) mass is 419 g/mol. The molecule has 1 aliphatic heterocycles. The van der Waals surface area contributed by atoms with Crippen LogP contribution in [0.4, 0.5) is 0 Å². The minimum Gasteiger partial charge on any atom is -0.494 e. The minimum absolute atomic E-state index is 0.136. The van der Waals surface area contributed by atoms with Gasteiger partial charge in [-0.15, -0.1) is 0 Å². The predicted molar refractivity (Wildman–Crippen MR) is 122 cm³/mol. The number of carbonyl (C=O) groups is 1. The van der Waals surface area contributed by atoms with E-state index in [-0.39, 0.29) is 17.1 Å². The molecule has 5 nitrogen and oxygen atoms in total. The molecule has 0 fully saturated rings. The Bertz CT molecular complexity index is 1130. The van der Waals surface area contributed by atoms with Gasteiger partial charge in [-0.1, -0.05) is 57.4 Å². The van der Waals surface area contributed by atoms with Crippen molar-refractivity contribution in [3.63, 3.8) is 0 Å². The van der Waals surface area contributed by atoms with Gasteiger partial charge < -0.3 is 14.1 Å². The number of carbonyl (C=O) groups excluding carboxylic acids is 1. The van der Waals surface area contributed by atoms with Crippen LogP contribution in [0.2, 0.25) is 0 Å². The van der Waals surface area contributed by atoms with E-state index in [0.717, 1.165) is 43.4 Å². The van der Waals surface area contributed by atoms with Crippen LogP contribution in [-0.2, 0) is 0 Å². The van der Waals surface area contributed by atoms with E-state index in [1.807, 2.05) is 36.4 Å². The Morgan fingerprint density at radius 1 is 0.968 bits per heavy atom. The standard InChI is InChI=1S/C26H29NO4/c1-3-5-9-16-30-19-12-10-11-18(17-19)23-22-24(28)20-13-7-8-14-21(20)31-25(22)26(29)27(23)15-6-4-2/h7-8,10-14,17,23H,3-6,9,15-16H2,1-2H3/t23-/m1/s1. The lowest BCUT2D eigenvalue weighted by molar-refractivity contribution is 0.0725. The van der Waals surface area contributed by atoms with Gasteiger partial charge in [-0.25, -0.2) is 0 Å². The van der Waals surface area contributed by atoms with Crippen molar-refractivity contribution >= 4 is 16.9 Å². The molecular formula is C26H29NO4. The molecule has 2 heterocycles. The van der Waals surface area contributed by atoms with Gasteiger partial charge in [-0.3, -0.25) is 9.59 Å². The number of ether oxygens (including phenoxy) is 1. The topological polar surface area (TPSA) is 59.8 Å². The molecule has 0 saturated carbocycles. The highest BCUT2D eigenvalue weighted by molar-refractivity contribution is 5.99. The Balaban J connectivity index is 1.78. The van der Waals surface area contributed by atoms with Crippen molar-refractivity contribution < 1.29 is 13.9 Å². The van der Waals surface area contributed by atoms with Crippen molar-refractivity contribution in [1.29, 1.82) is 0 Å². The Kier molecular flexibility index (Phi) is 6.40. The van der Waals surface area contributed by atoms with Crippen LogP contribution in [0, 0.1) is 0 Å². The molecule has 0 saturated heterocycles. The molecular weight excluding hydrogens is 390 g/mol. The molecule has 0 spiro atoms. The maximum atomic E-state index is 13.4. The Hall–Kier alpha value is -3.08. The zero-order valence-electron chi connectivity index (χ0n) is 18.2. The fourth-order valence-electron chi connectivity index (χ4n) is 4.19. The van der Waals surface area contributed by atoms with Crippen LogP contribution in [0.3, 0.4) is 0 Å². The third-order valence-electron chi connectivity index (χ3n) is 5.82. The average molecular weight is 420 g/mol. The molecule has 4 rings (SSSR count). The first-order valence-corrected chi connectivity index (χ1v) is 11.2. The summed E-state index contributed by atoms with van der Waals surface area (Å²) in [6.45, 7) is 5.48. The molecule has 0 aliphatic carbocycles. The first-order chi connectivity index (χ1) is 15.2. The second-order valence-electron chi connectivity index (χ2n) is 8.05. The molecule has 0 bridgehead atoms. The average Bonchev–Trinajstić information content (AvgIpc) is 3.07. The van der Waals surface area contributed by atoms with E-state index in [1.54, 1.807) is 17.0 Å². The maximum absolute atomic E-state index is 13.4. The summed E-state index contributed by atoms with van der Waals surface area (Å²) >= 11 is 0. The van der Waals surface area contributed by atoms with E-state index in [2.05, 4.69) is 13.8 Å². The van der Waals surface area contributed by atoms with Gasteiger partial charge in [0, 0.05) is 6.54 Å². The van der Waals surface area contributed by atoms with Gasteiger partial charge in [0.1, 0.15) is 11.3 Å². The zero-order valence-corrected chi connectivity index (χ0v) is 18.2. The number of unbranched alkanes of at least 4 members (excludes halogenated alkanes) is 3. The van der Waals surface area contributed by atoms with Crippen molar-refractivity contribution in [1.82, 2.24) is 4.90 Å². The third-order valence-corrected chi connectivity index (χ3v) is 5.82. The fraction of sp³-hybridized carbons (Fsp3) is 0.385. The molecule has 3 aromatic rings. The predicted octanol–water partition coefficient (Wildman–Crippen LogP) is 5.71. The number of hydrogen-bond acceptors (Lipinski definition) is 4. The number of benzene rings is 2. The van der Waals surface area contributed by atoms with Gasteiger partial charge in [0.2, 0.25) is 5.76 Å². The zero-order chi connectivity index (χ0) is 21.8. The van der Waals surface area contributed by atoms with Crippen LogP contribution in [0.1, 0.15) is 73.7 Å². The summed E-state index contributed by atoms with van der Waals surface area (Å²) in [7, 11) is 0. The number of hydrogen-bond donors (Lipinski definition) is 0. The Labute approximate surface area is 182 Å². The summed E-state index contributed by atoms with van der Waals surface area (Å²) in [5, 5.41) is 0.503. The minimum atomic E-state index is -0.464. The first kappa shape index (κ1) is 21.2. The molecule has 31 heavy (non-hydrogen) atoms. The van der Waals surface area contributed by atoms with Gasteiger partial charge >= 0.3 is 0 Å². The van der Waals surface area contributed by atoms with E-state index in [0.29, 0.717) is 29.7 Å². The summed E-state index contributed by atoms with van der Waals surface area (Å²) in [6.07, 6.45) is 5.08. The van der Waals surface area contributed by atoms with Crippen molar-refractivity contribution in [3.05, 3.63) is 75.6 Å².